The summed E-state index contributed by atoms with van der Waals surface area (Å²) in [5.74, 6) is 1.57. The van der Waals surface area contributed by atoms with Gasteiger partial charge in [0.1, 0.15) is 22.1 Å². The summed E-state index contributed by atoms with van der Waals surface area (Å²) in [6.07, 6.45) is 3.17. The fraction of sp³-hybridized carbons (Fsp3) is 0.100. The number of aryl methyl sites for hydroxylation is 1. The van der Waals surface area contributed by atoms with Crippen LogP contribution in [-0.2, 0) is 0 Å². The van der Waals surface area contributed by atoms with Gasteiger partial charge >= 0.3 is 0 Å². The van der Waals surface area contributed by atoms with E-state index in [1.165, 1.54) is 6.08 Å². The zero-order chi connectivity index (χ0) is 17.8. The van der Waals surface area contributed by atoms with Crippen molar-refractivity contribution in [1.82, 2.24) is 5.43 Å². The van der Waals surface area contributed by atoms with E-state index in [1.54, 1.807) is 13.3 Å². The highest BCUT2D eigenvalue weighted by Gasteiger charge is 2.15. The maximum Gasteiger partial charge on any atom is 0.135 e. The van der Waals surface area contributed by atoms with Crippen LogP contribution < -0.4 is 10.2 Å². The summed E-state index contributed by atoms with van der Waals surface area (Å²) >= 11 is 4.99. The molecule has 126 valence electrons. The summed E-state index contributed by atoms with van der Waals surface area (Å²) in [6, 6.07) is 14.0. The molecule has 0 bridgehead atoms. The van der Waals surface area contributed by atoms with Gasteiger partial charge in [-0.15, -0.1) is 0 Å². The highest BCUT2D eigenvalue weighted by atomic mass is 32.1. The van der Waals surface area contributed by atoms with E-state index in [0.29, 0.717) is 10.7 Å². The molecule has 3 rings (SSSR count). The number of rotatable bonds is 5. The average molecular weight is 350 g/mol. The van der Waals surface area contributed by atoms with E-state index in [2.05, 4.69) is 29.2 Å². The summed E-state index contributed by atoms with van der Waals surface area (Å²) in [4.78, 5) is 0.455. The van der Waals surface area contributed by atoms with Gasteiger partial charge in [0, 0.05) is 16.5 Å². The molecular formula is C20H18N2O2S. The zero-order valence-corrected chi connectivity index (χ0v) is 14.9. The number of methoxy groups -OCH3 is 1. The molecule has 2 aromatic carbocycles. The lowest BCUT2D eigenvalue weighted by Gasteiger charge is -2.06. The van der Waals surface area contributed by atoms with E-state index in [1.807, 2.05) is 37.3 Å². The second-order valence-corrected chi connectivity index (χ2v) is 5.87. The second kappa shape index (κ2) is 7.32. The lowest BCUT2D eigenvalue weighted by molar-refractivity contribution is 0.414. The van der Waals surface area contributed by atoms with Crippen molar-refractivity contribution in [2.45, 2.75) is 6.92 Å². The largest absolute Gasteiger partial charge is 0.496 e. The Morgan fingerprint density at radius 3 is 2.72 bits per heavy atom. The molecule has 1 heterocycles. The van der Waals surface area contributed by atoms with Crippen LogP contribution in [0.2, 0.25) is 0 Å². The molecule has 0 spiro atoms. The molecule has 0 radical (unpaired) electrons. The first-order valence-corrected chi connectivity index (χ1v) is 8.17. The second-order valence-electron chi connectivity index (χ2n) is 5.43. The van der Waals surface area contributed by atoms with Crippen molar-refractivity contribution in [2.75, 3.05) is 7.11 Å². The first-order chi connectivity index (χ1) is 12.1. The van der Waals surface area contributed by atoms with Crippen molar-refractivity contribution in [3.05, 3.63) is 66.4 Å². The minimum atomic E-state index is 0.455. The molecule has 0 atom stereocenters. The number of benzene rings is 2. The van der Waals surface area contributed by atoms with Crippen LogP contribution in [0, 0.1) is 6.92 Å². The number of nitrogens with zero attached hydrogens (tertiary/aromatic N) is 1. The lowest BCUT2D eigenvalue weighted by atomic mass is 10.0. The molecule has 0 aliphatic carbocycles. The van der Waals surface area contributed by atoms with Crippen molar-refractivity contribution in [3.8, 4) is 16.9 Å². The zero-order valence-electron chi connectivity index (χ0n) is 14.1. The molecule has 3 aromatic rings. The molecule has 0 unspecified atom stereocenters. The summed E-state index contributed by atoms with van der Waals surface area (Å²) in [6.45, 7) is 5.55. The summed E-state index contributed by atoms with van der Waals surface area (Å²) in [5.41, 5.74) is 6.48. The van der Waals surface area contributed by atoms with Crippen molar-refractivity contribution in [1.29, 1.82) is 0 Å². The Balaban J connectivity index is 2.08. The highest BCUT2D eigenvalue weighted by Crippen LogP contribution is 2.37. The van der Waals surface area contributed by atoms with Gasteiger partial charge in [0.05, 0.1) is 13.3 Å². The molecule has 0 fully saturated rings. The molecule has 25 heavy (non-hydrogen) atoms. The first kappa shape index (κ1) is 16.9. The van der Waals surface area contributed by atoms with E-state index >= 15 is 0 Å². The van der Waals surface area contributed by atoms with E-state index in [9.17, 15) is 0 Å². The molecule has 0 saturated heterocycles. The summed E-state index contributed by atoms with van der Waals surface area (Å²) in [5, 5.41) is 5.11. The molecule has 0 saturated carbocycles. The molecule has 0 aliphatic heterocycles. The number of fused-ring (bicyclic) bond motifs is 1. The van der Waals surface area contributed by atoms with E-state index < -0.39 is 0 Å². The average Bonchev–Trinajstić information content (AvgIpc) is 2.96. The number of hydrogen-bond donors (Lipinski definition) is 1. The third-order valence-corrected chi connectivity index (χ3v) is 4.10. The third kappa shape index (κ3) is 3.46. The van der Waals surface area contributed by atoms with Crippen LogP contribution in [0.3, 0.4) is 0 Å². The van der Waals surface area contributed by atoms with E-state index in [4.69, 9.17) is 21.4 Å². The summed E-state index contributed by atoms with van der Waals surface area (Å²) in [7, 11) is 1.63. The predicted molar refractivity (Wildman–Crippen MR) is 106 cm³/mol. The number of nitrogens with one attached hydrogen (secondary N) is 1. The van der Waals surface area contributed by atoms with Crippen molar-refractivity contribution in [3.63, 3.8) is 0 Å². The van der Waals surface area contributed by atoms with Crippen LogP contribution >= 0.6 is 12.2 Å². The smallest absolute Gasteiger partial charge is 0.135 e. The van der Waals surface area contributed by atoms with Crippen LogP contribution in [0.5, 0.6) is 5.75 Å². The molecule has 1 N–H and O–H groups in total. The highest BCUT2D eigenvalue weighted by molar-refractivity contribution is 7.80. The Labute approximate surface area is 151 Å². The molecule has 0 aliphatic rings. The van der Waals surface area contributed by atoms with Gasteiger partial charge in [0.25, 0.3) is 0 Å². The SMILES string of the molecule is C=CC(=S)N/N=C/c1cc2oc(C)c(-c3ccccc3)c2cc1OC. The van der Waals surface area contributed by atoms with Gasteiger partial charge in [0.2, 0.25) is 0 Å². The number of ether oxygens (including phenoxy) is 1. The minimum absolute atomic E-state index is 0.455. The van der Waals surface area contributed by atoms with E-state index in [-0.39, 0.29) is 0 Å². The van der Waals surface area contributed by atoms with Gasteiger partial charge in [-0.25, -0.2) is 0 Å². The number of furan rings is 1. The molecule has 5 heteroatoms. The van der Waals surface area contributed by atoms with Gasteiger partial charge in [-0.2, -0.15) is 5.10 Å². The van der Waals surface area contributed by atoms with Crippen molar-refractivity contribution in [2.24, 2.45) is 5.10 Å². The first-order valence-electron chi connectivity index (χ1n) is 7.76. The molecule has 1 aromatic heterocycles. The fourth-order valence-corrected chi connectivity index (χ4v) is 2.77. The molecular weight excluding hydrogens is 332 g/mol. The van der Waals surface area contributed by atoms with Gasteiger partial charge in [0.15, 0.2) is 0 Å². The van der Waals surface area contributed by atoms with Gasteiger partial charge in [-0.1, -0.05) is 49.1 Å². The molecule has 4 nitrogen and oxygen atoms in total. The number of hydrogen-bond acceptors (Lipinski definition) is 4. The lowest BCUT2D eigenvalue weighted by Crippen LogP contribution is -2.11. The third-order valence-electron chi connectivity index (χ3n) is 3.84. The van der Waals surface area contributed by atoms with Crippen LogP contribution in [0.1, 0.15) is 11.3 Å². The predicted octanol–water partition coefficient (Wildman–Crippen LogP) is 4.85. The van der Waals surface area contributed by atoms with Gasteiger partial charge < -0.3 is 9.15 Å². The Hall–Kier alpha value is -2.92. The van der Waals surface area contributed by atoms with Crippen LogP contribution in [0.25, 0.3) is 22.1 Å². The topological polar surface area (TPSA) is 46.8 Å². The minimum Gasteiger partial charge on any atom is -0.496 e. The Morgan fingerprint density at radius 2 is 2.04 bits per heavy atom. The van der Waals surface area contributed by atoms with Crippen LogP contribution in [-0.4, -0.2) is 18.3 Å². The number of thiocarbonyl (C=S) groups is 1. The molecule has 0 amide bonds. The van der Waals surface area contributed by atoms with Crippen molar-refractivity contribution < 1.29 is 9.15 Å². The monoisotopic (exact) mass is 350 g/mol. The van der Waals surface area contributed by atoms with Crippen molar-refractivity contribution >= 4 is 34.4 Å². The standard InChI is InChI=1S/C20H18N2O2S/c1-4-19(25)22-21-12-15-10-18-16(11-17(15)23-3)20(13(2)24-18)14-8-6-5-7-9-14/h4-12H,1H2,2-3H3,(H,22,25)/b21-12+. The van der Waals surface area contributed by atoms with E-state index in [0.717, 1.165) is 33.4 Å². The van der Waals surface area contributed by atoms with Gasteiger partial charge in [-0.05, 0) is 30.7 Å². The maximum atomic E-state index is 5.96. The Morgan fingerprint density at radius 1 is 1.28 bits per heavy atom. The fourth-order valence-electron chi connectivity index (χ4n) is 2.71. The summed E-state index contributed by atoms with van der Waals surface area (Å²) < 4.78 is 11.5. The van der Waals surface area contributed by atoms with Crippen LogP contribution in [0.15, 0.2) is 64.6 Å². The quantitative estimate of drug-likeness (QED) is 0.309. The maximum absolute atomic E-state index is 5.96. The Kier molecular flexibility index (Phi) is 4.95. The number of hydrazone groups is 1. The van der Waals surface area contributed by atoms with Gasteiger partial charge in [-0.3, -0.25) is 5.43 Å². The van der Waals surface area contributed by atoms with Crippen LogP contribution in [0.4, 0.5) is 0 Å². The normalized spacial score (nSPS) is 11.0. The Bertz CT molecular complexity index is 959.